The third-order valence-electron chi connectivity index (χ3n) is 7.87. The molecule has 2 aromatic rings. The predicted octanol–water partition coefficient (Wildman–Crippen LogP) is 9.51. The van der Waals surface area contributed by atoms with Crippen LogP contribution in [0.5, 0.6) is 0 Å². The highest BCUT2D eigenvalue weighted by molar-refractivity contribution is 6.58. The topological polar surface area (TPSA) is 0 Å². The Morgan fingerprint density at radius 1 is 0.871 bits per heavy atom. The van der Waals surface area contributed by atoms with E-state index in [1.165, 1.54) is 63.4 Å². The maximum atomic E-state index is 14.8. The molecule has 0 atom stereocenters. The lowest BCUT2D eigenvalue weighted by atomic mass is 9.76. The minimum Gasteiger partial charge on any atom is -0.206 e. The molecule has 1 saturated carbocycles. The third-order valence-corrected chi connectivity index (χ3v) is 11.3. The predicted molar refractivity (Wildman–Crippen MR) is 134 cm³/mol. The lowest BCUT2D eigenvalue weighted by molar-refractivity contribution is 0.280. The molecular weight excluding hydrogens is 419 g/mol. The van der Waals surface area contributed by atoms with Crippen molar-refractivity contribution in [2.75, 3.05) is 0 Å². The highest BCUT2D eigenvalue weighted by atomic mass is 35.5. The van der Waals surface area contributed by atoms with E-state index in [2.05, 4.69) is 13.0 Å². The third kappa shape index (κ3) is 6.23. The summed E-state index contributed by atoms with van der Waals surface area (Å²) in [6, 6.07) is 18.0. The molecule has 2 aromatic carbocycles. The van der Waals surface area contributed by atoms with E-state index in [-0.39, 0.29) is 14.6 Å². The minimum absolute atomic E-state index is 0.0261. The van der Waals surface area contributed by atoms with E-state index >= 15 is 0 Å². The Balaban J connectivity index is 1.24. The van der Waals surface area contributed by atoms with E-state index in [1.54, 1.807) is 24.2 Å². The summed E-state index contributed by atoms with van der Waals surface area (Å²) in [5, 5.41) is 0.683. The van der Waals surface area contributed by atoms with Crippen LogP contribution in [-0.4, -0.2) is 8.80 Å². The molecule has 1 heterocycles. The second kappa shape index (κ2) is 11.1. The molecule has 0 amide bonds. The van der Waals surface area contributed by atoms with Gasteiger partial charge in [0.2, 0.25) is 0 Å². The molecule has 2 aliphatic rings. The van der Waals surface area contributed by atoms with Crippen molar-refractivity contribution in [1.82, 2.24) is 0 Å². The van der Waals surface area contributed by atoms with Crippen molar-refractivity contribution in [3.63, 3.8) is 0 Å². The first-order chi connectivity index (χ1) is 15.1. The number of rotatable bonds is 7. The van der Waals surface area contributed by atoms with Gasteiger partial charge in [-0.15, -0.1) is 0 Å². The van der Waals surface area contributed by atoms with Gasteiger partial charge in [0.05, 0.1) is 0 Å². The van der Waals surface area contributed by atoms with Crippen molar-refractivity contribution < 1.29 is 4.39 Å². The van der Waals surface area contributed by atoms with Crippen LogP contribution in [0.3, 0.4) is 0 Å². The smallest absolute Gasteiger partial charge is 0.131 e. The number of hydrogen-bond donors (Lipinski definition) is 0. The first kappa shape index (κ1) is 23.0. The second-order valence-corrected chi connectivity index (χ2v) is 13.4. The summed E-state index contributed by atoms with van der Waals surface area (Å²) in [7, 11) is 0.0261. The van der Waals surface area contributed by atoms with E-state index in [4.69, 9.17) is 11.6 Å². The Hall–Kier alpha value is -1.12. The van der Waals surface area contributed by atoms with Crippen LogP contribution in [0.1, 0.15) is 76.2 Å². The molecule has 3 heteroatoms. The fourth-order valence-electron chi connectivity index (χ4n) is 5.88. The SMILES string of the molecule is CCC[Si]1CCC(CCC2CCC(c3ccc(-c4ccc(Cl)cc4)c(F)c3)CC2)CC1. The average molecular weight is 456 g/mol. The largest absolute Gasteiger partial charge is 0.206 e. The molecular formula is C28H37ClFSi. The summed E-state index contributed by atoms with van der Waals surface area (Å²) in [5.41, 5.74) is 2.75. The average Bonchev–Trinajstić information content (AvgIpc) is 2.80. The van der Waals surface area contributed by atoms with Crippen molar-refractivity contribution in [1.29, 1.82) is 0 Å². The number of halogens is 2. The van der Waals surface area contributed by atoms with Gasteiger partial charge in [0.25, 0.3) is 0 Å². The van der Waals surface area contributed by atoms with Crippen molar-refractivity contribution >= 4 is 20.4 Å². The van der Waals surface area contributed by atoms with E-state index < -0.39 is 0 Å². The van der Waals surface area contributed by atoms with Crippen LogP contribution in [0.4, 0.5) is 4.39 Å². The molecule has 167 valence electrons. The molecule has 1 radical (unpaired) electrons. The molecule has 2 fully saturated rings. The quantitative estimate of drug-likeness (QED) is 0.364. The Morgan fingerprint density at radius 3 is 2.13 bits per heavy atom. The lowest BCUT2D eigenvalue weighted by Crippen LogP contribution is -2.22. The van der Waals surface area contributed by atoms with Gasteiger partial charge in [-0.2, -0.15) is 0 Å². The molecule has 0 aromatic heterocycles. The normalized spacial score (nSPS) is 23.2. The molecule has 31 heavy (non-hydrogen) atoms. The first-order valence-corrected chi connectivity index (χ1v) is 15.0. The van der Waals surface area contributed by atoms with Crippen LogP contribution in [-0.2, 0) is 0 Å². The second-order valence-electron chi connectivity index (χ2n) is 9.98. The Kier molecular flexibility index (Phi) is 8.28. The van der Waals surface area contributed by atoms with Crippen molar-refractivity contribution in [3.05, 3.63) is 58.9 Å². The van der Waals surface area contributed by atoms with Crippen molar-refractivity contribution in [2.45, 2.75) is 88.8 Å². The molecule has 4 rings (SSSR count). The zero-order valence-corrected chi connectivity index (χ0v) is 20.8. The highest BCUT2D eigenvalue weighted by Crippen LogP contribution is 2.40. The standard InChI is InChI=1S/C28H37ClFSi/c1-2-17-31-18-15-22(16-19-31)4-3-21-5-7-23(8-6-21)25-11-14-27(28(30)20-25)24-9-12-26(29)13-10-24/h9-14,20-23H,2-8,15-19H2,1H3. The minimum atomic E-state index is -0.108. The van der Waals surface area contributed by atoms with Gasteiger partial charge >= 0.3 is 0 Å². The van der Waals surface area contributed by atoms with Crippen LogP contribution < -0.4 is 0 Å². The molecule has 0 N–H and O–H groups in total. The van der Waals surface area contributed by atoms with Gasteiger partial charge < -0.3 is 0 Å². The van der Waals surface area contributed by atoms with Gasteiger partial charge in [-0.1, -0.05) is 93.0 Å². The van der Waals surface area contributed by atoms with Gasteiger partial charge in [0.1, 0.15) is 5.82 Å². The van der Waals surface area contributed by atoms with E-state index in [9.17, 15) is 4.39 Å². The van der Waals surface area contributed by atoms with Crippen molar-refractivity contribution in [3.8, 4) is 11.1 Å². The summed E-state index contributed by atoms with van der Waals surface area (Å²) >= 11 is 5.97. The Bertz CT molecular complexity index is 817. The fourth-order valence-corrected chi connectivity index (χ4v) is 9.10. The molecule has 0 unspecified atom stereocenters. The van der Waals surface area contributed by atoms with Crippen LogP contribution in [0.15, 0.2) is 42.5 Å². The summed E-state index contributed by atoms with van der Waals surface area (Å²) in [6.45, 7) is 2.35. The van der Waals surface area contributed by atoms with Crippen molar-refractivity contribution in [2.24, 2.45) is 11.8 Å². The van der Waals surface area contributed by atoms with E-state index in [1.807, 2.05) is 30.3 Å². The zero-order chi connectivity index (χ0) is 21.6. The zero-order valence-electron chi connectivity index (χ0n) is 19.0. The monoisotopic (exact) mass is 455 g/mol. The van der Waals surface area contributed by atoms with Gasteiger partial charge in [-0.05, 0) is 72.8 Å². The molecule has 1 aliphatic carbocycles. The summed E-state index contributed by atoms with van der Waals surface area (Å²) < 4.78 is 14.8. The molecule has 1 saturated heterocycles. The molecule has 0 spiro atoms. The lowest BCUT2D eigenvalue weighted by Gasteiger charge is -2.32. The van der Waals surface area contributed by atoms with Crippen LogP contribution in [0.2, 0.25) is 23.2 Å². The van der Waals surface area contributed by atoms with E-state index in [0.717, 1.165) is 17.4 Å². The summed E-state index contributed by atoms with van der Waals surface area (Å²) in [5.74, 6) is 2.33. The maximum Gasteiger partial charge on any atom is 0.131 e. The molecule has 0 bridgehead atoms. The Labute approximate surface area is 195 Å². The first-order valence-electron chi connectivity index (χ1n) is 12.5. The maximum absolute atomic E-state index is 14.8. The van der Waals surface area contributed by atoms with E-state index in [0.29, 0.717) is 16.5 Å². The number of benzene rings is 2. The summed E-state index contributed by atoms with van der Waals surface area (Å²) in [6.07, 6.45) is 12.4. The van der Waals surface area contributed by atoms with Gasteiger partial charge in [-0.25, -0.2) is 4.39 Å². The van der Waals surface area contributed by atoms with Crippen LogP contribution >= 0.6 is 11.6 Å². The molecule has 1 aliphatic heterocycles. The highest BCUT2D eigenvalue weighted by Gasteiger charge is 2.26. The molecule has 0 nitrogen and oxygen atoms in total. The Morgan fingerprint density at radius 2 is 1.52 bits per heavy atom. The fraction of sp³-hybridized carbons (Fsp3) is 0.571. The number of hydrogen-bond acceptors (Lipinski definition) is 0. The van der Waals surface area contributed by atoms with Crippen LogP contribution in [0.25, 0.3) is 11.1 Å². The summed E-state index contributed by atoms with van der Waals surface area (Å²) in [4.78, 5) is 0. The van der Waals surface area contributed by atoms with Gasteiger partial charge in [0.15, 0.2) is 0 Å². The van der Waals surface area contributed by atoms with Gasteiger partial charge in [-0.3, -0.25) is 0 Å². The van der Waals surface area contributed by atoms with Gasteiger partial charge in [0, 0.05) is 19.4 Å². The van der Waals surface area contributed by atoms with Crippen LogP contribution in [0, 0.1) is 17.7 Å².